The molecule has 3 aliphatic rings. The smallest absolute Gasteiger partial charge is 0.231 e. The van der Waals surface area contributed by atoms with Gasteiger partial charge in [-0.3, -0.25) is 14.5 Å². The van der Waals surface area contributed by atoms with Crippen LogP contribution in [0.1, 0.15) is 26.2 Å². The van der Waals surface area contributed by atoms with Gasteiger partial charge in [-0.1, -0.05) is 6.92 Å². The number of rotatable bonds is 5. The number of nitrogens with two attached hydrogens (primary N) is 1. The molecule has 2 atom stereocenters. The SMILES string of the molecule is CCN1CCCC1CN1CC(C(=O)Nc2cc3c(cc2N)OCO3)CC1=O. The predicted octanol–water partition coefficient (Wildman–Crippen LogP) is 1.27. The molecule has 1 aromatic rings. The Hall–Kier alpha value is -2.48. The van der Waals surface area contributed by atoms with Crippen molar-refractivity contribution in [1.29, 1.82) is 0 Å². The van der Waals surface area contributed by atoms with Crippen LogP contribution in [0.15, 0.2) is 12.1 Å². The second kappa shape index (κ2) is 7.26. The van der Waals surface area contributed by atoms with Gasteiger partial charge in [0, 0.05) is 37.7 Å². The topological polar surface area (TPSA) is 97.1 Å². The van der Waals surface area contributed by atoms with Crippen LogP contribution < -0.4 is 20.5 Å². The molecule has 8 nitrogen and oxygen atoms in total. The number of likely N-dealkylation sites (N-methyl/N-ethyl adjacent to an activating group) is 1. The van der Waals surface area contributed by atoms with Crippen molar-refractivity contribution < 1.29 is 19.1 Å². The molecule has 4 rings (SSSR count). The fourth-order valence-electron chi connectivity index (χ4n) is 4.20. The largest absolute Gasteiger partial charge is 0.454 e. The number of nitrogens with one attached hydrogen (secondary N) is 1. The first-order chi connectivity index (χ1) is 13.0. The predicted molar refractivity (Wildman–Crippen MR) is 101 cm³/mol. The standard InChI is InChI=1S/C19H26N4O4/c1-2-22-5-3-4-13(22)10-23-9-12(6-18(23)24)19(25)21-15-8-17-16(7-14(15)20)26-11-27-17/h7-8,12-13H,2-6,9-11,20H2,1H3,(H,21,25). The Labute approximate surface area is 158 Å². The zero-order chi connectivity index (χ0) is 19.0. The number of likely N-dealkylation sites (tertiary alicyclic amines) is 2. The zero-order valence-corrected chi connectivity index (χ0v) is 15.6. The molecule has 2 fully saturated rings. The summed E-state index contributed by atoms with van der Waals surface area (Å²) in [6.45, 7) is 5.56. The van der Waals surface area contributed by atoms with Gasteiger partial charge in [-0.05, 0) is 25.9 Å². The Morgan fingerprint density at radius 2 is 2.11 bits per heavy atom. The van der Waals surface area contributed by atoms with Gasteiger partial charge in [0.1, 0.15) is 0 Å². The number of ether oxygens (including phenoxy) is 2. The number of hydrogen-bond donors (Lipinski definition) is 2. The number of hydrogen-bond acceptors (Lipinski definition) is 6. The Balaban J connectivity index is 1.38. The van der Waals surface area contributed by atoms with Gasteiger partial charge >= 0.3 is 0 Å². The highest BCUT2D eigenvalue weighted by Gasteiger charge is 2.37. The first-order valence-corrected chi connectivity index (χ1v) is 9.57. The first-order valence-electron chi connectivity index (χ1n) is 9.57. The summed E-state index contributed by atoms with van der Waals surface area (Å²) in [5.41, 5.74) is 6.91. The Morgan fingerprint density at radius 1 is 1.33 bits per heavy atom. The number of anilines is 2. The highest BCUT2D eigenvalue weighted by atomic mass is 16.7. The van der Waals surface area contributed by atoms with Crippen molar-refractivity contribution in [2.24, 2.45) is 5.92 Å². The third-order valence-electron chi connectivity index (χ3n) is 5.72. The number of nitrogens with zero attached hydrogens (tertiary/aromatic N) is 2. The minimum atomic E-state index is -0.362. The molecule has 0 aliphatic carbocycles. The fourth-order valence-corrected chi connectivity index (χ4v) is 4.20. The molecule has 3 N–H and O–H groups in total. The fraction of sp³-hybridized carbons (Fsp3) is 0.579. The molecular formula is C19H26N4O4. The van der Waals surface area contributed by atoms with E-state index in [-0.39, 0.29) is 30.9 Å². The van der Waals surface area contributed by atoms with Crippen molar-refractivity contribution in [3.63, 3.8) is 0 Å². The zero-order valence-electron chi connectivity index (χ0n) is 15.6. The maximum Gasteiger partial charge on any atom is 0.231 e. The van der Waals surface area contributed by atoms with Gasteiger partial charge in [-0.25, -0.2) is 0 Å². The molecule has 3 heterocycles. The molecule has 0 aromatic heterocycles. The van der Waals surface area contributed by atoms with Crippen molar-refractivity contribution in [1.82, 2.24) is 9.80 Å². The number of carbonyl (C=O) groups excluding carboxylic acids is 2. The second-order valence-corrected chi connectivity index (χ2v) is 7.41. The van der Waals surface area contributed by atoms with Crippen molar-refractivity contribution in [2.75, 3.05) is 44.0 Å². The summed E-state index contributed by atoms with van der Waals surface area (Å²) >= 11 is 0. The van der Waals surface area contributed by atoms with E-state index in [1.165, 1.54) is 6.42 Å². The normalized spacial score (nSPS) is 24.6. The summed E-state index contributed by atoms with van der Waals surface area (Å²) in [5, 5.41) is 2.85. The van der Waals surface area contributed by atoms with Crippen LogP contribution >= 0.6 is 0 Å². The molecule has 0 saturated carbocycles. The van der Waals surface area contributed by atoms with Crippen LogP contribution in [0.3, 0.4) is 0 Å². The van der Waals surface area contributed by atoms with Gasteiger partial charge in [-0.15, -0.1) is 0 Å². The van der Waals surface area contributed by atoms with Gasteiger partial charge in [0.05, 0.1) is 17.3 Å². The maximum absolute atomic E-state index is 12.7. The van der Waals surface area contributed by atoms with E-state index in [2.05, 4.69) is 17.1 Å². The van der Waals surface area contributed by atoms with E-state index in [0.29, 0.717) is 42.0 Å². The van der Waals surface area contributed by atoms with E-state index in [0.717, 1.165) is 19.5 Å². The first kappa shape index (κ1) is 17.9. The highest BCUT2D eigenvalue weighted by Crippen LogP contribution is 2.38. The summed E-state index contributed by atoms with van der Waals surface area (Å²) in [6.07, 6.45) is 2.53. The van der Waals surface area contributed by atoms with E-state index in [4.69, 9.17) is 15.2 Å². The molecule has 0 spiro atoms. The van der Waals surface area contributed by atoms with Gasteiger partial charge in [0.2, 0.25) is 18.6 Å². The Kier molecular flexibility index (Phi) is 4.82. The molecular weight excluding hydrogens is 348 g/mol. The number of amides is 2. The van der Waals surface area contributed by atoms with Gasteiger partial charge in [0.25, 0.3) is 0 Å². The van der Waals surface area contributed by atoms with Crippen LogP contribution in [0.25, 0.3) is 0 Å². The van der Waals surface area contributed by atoms with Crippen LogP contribution in [-0.4, -0.2) is 60.6 Å². The summed E-state index contributed by atoms with van der Waals surface area (Å²) in [4.78, 5) is 29.3. The van der Waals surface area contributed by atoms with Crippen LogP contribution in [0.2, 0.25) is 0 Å². The summed E-state index contributed by atoms with van der Waals surface area (Å²) < 4.78 is 10.6. The molecule has 3 aliphatic heterocycles. The molecule has 2 unspecified atom stereocenters. The van der Waals surface area contributed by atoms with E-state index >= 15 is 0 Å². The molecule has 2 saturated heterocycles. The van der Waals surface area contributed by atoms with Crippen molar-refractivity contribution in [3.8, 4) is 11.5 Å². The lowest BCUT2D eigenvalue weighted by molar-refractivity contribution is -0.128. The average molecular weight is 374 g/mol. The van der Waals surface area contributed by atoms with Gasteiger partial charge in [-0.2, -0.15) is 0 Å². The van der Waals surface area contributed by atoms with E-state index in [9.17, 15) is 9.59 Å². The lowest BCUT2D eigenvalue weighted by Crippen LogP contribution is -2.41. The van der Waals surface area contributed by atoms with Gasteiger partial charge in [0.15, 0.2) is 11.5 Å². The number of carbonyl (C=O) groups is 2. The molecule has 1 aromatic carbocycles. The van der Waals surface area contributed by atoms with Crippen LogP contribution in [0.4, 0.5) is 11.4 Å². The third kappa shape index (κ3) is 3.53. The van der Waals surface area contributed by atoms with E-state index in [1.807, 2.05) is 4.90 Å². The van der Waals surface area contributed by atoms with Crippen molar-refractivity contribution >= 4 is 23.2 Å². The molecule has 2 amide bonds. The van der Waals surface area contributed by atoms with Gasteiger partial charge < -0.3 is 25.4 Å². The molecule has 146 valence electrons. The number of fused-ring (bicyclic) bond motifs is 1. The lowest BCUT2D eigenvalue weighted by atomic mass is 10.1. The van der Waals surface area contributed by atoms with Crippen molar-refractivity contribution in [2.45, 2.75) is 32.2 Å². The second-order valence-electron chi connectivity index (χ2n) is 7.41. The molecule has 27 heavy (non-hydrogen) atoms. The Bertz CT molecular complexity index is 753. The quantitative estimate of drug-likeness (QED) is 0.754. The summed E-state index contributed by atoms with van der Waals surface area (Å²) in [6, 6.07) is 3.72. The summed E-state index contributed by atoms with van der Waals surface area (Å²) in [7, 11) is 0. The summed E-state index contributed by atoms with van der Waals surface area (Å²) in [5.74, 6) is 0.639. The minimum absolute atomic E-state index is 0.0526. The van der Waals surface area contributed by atoms with E-state index < -0.39 is 0 Å². The monoisotopic (exact) mass is 374 g/mol. The molecule has 8 heteroatoms. The third-order valence-corrected chi connectivity index (χ3v) is 5.72. The van der Waals surface area contributed by atoms with Crippen LogP contribution in [0.5, 0.6) is 11.5 Å². The highest BCUT2D eigenvalue weighted by molar-refractivity contribution is 5.99. The van der Waals surface area contributed by atoms with Crippen LogP contribution in [0, 0.1) is 5.92 Å². The minimum Gasteiger partial charge on any atom is -0.454 e. The van der Waals surface area contributed by atoms with E-state index in [1.54, 1.807) is 12.1 Å². The Morgan fingerprint density at radius 3 is 2.89 bits per heavy atom. The average Bonchev–Trinajstić information content (AvgIpc) is 3.36. The molecule has 0 bridgehead atoms. The lowest BCUT2D eigenvalue weighted by Gasteiger charge is -2.27. The molecule has 0 radical (unpaired) electrons. The number of benzene rings is 1. The van der Waals surface area contributed by atoms with Crippen LogP contribution in [-0.2, 0) is 9.59 Å². The number of nitrogen functional groups attached to an aromatic ring is 1. The van der Waals surface area contributed by atoms with Crippen molar-refractivity contribution in [3.05, 3.63) is 12.1 Å². The maximum atomic E-state index is 12.7.